The number of hydrogen-bond acceptors (Lipinski definition) is 5. The van der Waals surface area contributed by atoms with E-state index >= 15 is 0 Å². The van der Waals surface area contributed by atoms with E-state index in [2.05, 4.69) is 25.6 Å². The summed E-state index contributed by atoms with van der Waals surface area (Å²) in [6, 6.07) is -0.0478. The van der Waals surface area contributed by atoms with E-state index in [1.165, 1.54) is 10.7 Å². The molecule has 0 bridgehead atoms. The lowest BCUT2D eigenvalue weighted by Crippen LogP contribution is -2.36. The van der Waals surface area contributed by atoms with Crippen molar-refractivity contribution in [1.29, 1.82) is 0 Å². The van der Waals surface area contributed by atoms with Crippen LogP contribution in [0.25, 0.3) is 5.65 Å². The summed E-state index contributed by atoms with van der Waals surface area (Å²) in [5.41, 5.74) is -0.548. The van der Waals surface area contributed by atoms with Gasteiger partial charge in [0.15, 0.2) is 5.65 Å². The molecular weight excluding hydrogens is 463 g/mol. The fourth-order valence-corrected chi connectivity index (χ4v) is 3.19. The van der Waals surface area contributed by atoms with Gasteiger partial charge in [-0.3, -0.25) is 4.90 Å². The van der Waals surface area contributed by atoms with Crippen molar-refractivity contribution in [3.05, 3.63) is 41.6 Å². The Morgan fingerprint density at radius 3 is 2.48 bits per heavy atom. The van der Waals surface area contributed by atoms with Crippen LogP contribution in [0.3, 0.4) is 0 Å². The second-order valence-electron chi connectivity index (χ2n) is 6.92. The van der Waals surface area contributed by atoms with Crippen molar-refractivity contribution < 1.29 is 35.5 Å². The van der Waals surface area contributed by atoms with E-state index in [-0.39, 0.29) is 22.6 Å². The fourth-order valence-electron chi connectivity index (χ4n) is 3.19. The minimum absolute atomic E-state index is 0.00295. The van der Waals surface area contributed by atoms with Crippen molar-refractivity contribution in [2.24, 2.45) is 0 Å². The first kappa shape index (κ1) is 24.1. The molecule has 0 spiro atoms. The molecule has 0 radical (unpaired) electrons. The van der Waals surface area contributed by atoms with Crippen LogP contribution in [0.5, 0.6) is 0 Å². The van der Waals surface area contributed by atoms with Gasteiger partial charge < -0.3 is 5.32 Å². The van der Waals surface area contributed by atoms with Gasteiger partial charge in [0, 0.05) is 12.1 Å². The first-order valence-electron chi connectivity index (χ1n) is 9.27. The standard InChI is InChI=1S/C16H12F5N7O.C2H4F2/c1-7-5-28-14(24-7)12-9(16(19,20)21)6-27(11(12)4-23-28)15(29)25-8-2-10(13(17)18)26-22-3-8;1-2(3)4/h2-5,9,13H,6H2,1H3,(H,25,26,29);2H,1H3. The van der Waals surface area contributed by atoms with Gasteiger partial charge in [-0.05, 0) is 19.9 Å². The number of halogens is 7. The third-order valence-corrected chi connectivity index (χ3v) is 4.42. The Morgan fingerprint density at radius 2 is 1.88 bits per heavy atom. The average Bonchev–Trinajstić information content (AvgIpc) is 3.27. The van der Waals surface area contributed by atoms with Crippen LogP contribution in [0.15, 0.2) is 24.7 Å². The van der Waals surface area contributed by atoms with Crippen LogP contribution in [0.2, 0.25) is 0 Å². The maximum atomic E-state index is 13.7. The molecule has 1 aliphatic rings. The molecule has 178 valence electrons. The maximum Gasteiger partial charge on any atom is 0.397 e. The molecule has 0 aliphatic carbocycles. The van der Waals surface area contributed by atoms with E-state index < -0.39 is 43.2 Å². The summed E-state index contributed by atoms with van der Waals surface area (Å²) in [6.07, 6.45) is -6.08. The van der Waals surface area contributed by atoms with E-state index in [9.17, 15) is 35.5 Å². The number of anilines is 2. The van der Waals surface area contributed by atoms with Gasteiger partial charge in [0.05, 0.1) is 35.7 Å². The smallest absolute Gasteiger partial charge is 0.306 e. The number of nitrogens with one attached hydrogen (secondary N) is 1. The number of rotatable bonds is 2. The van der Waals surface area contributed by atoms with Crippen LogP contribution < -0.4 is 10.2 Å². The second-order valence-corrected chi connectivity index (χ2v) is 6.92. The quantitative estimate of drug-likeness (QED) is 0.537. The molecule has 4 heterocycles. The fraction of sp³-hybridized carbons (Fsp3) is 0.389. The molecule has 4 rings (SSSR count). The maximum absolute atomic E-state index is 13.7. The molecule has 0 saturated carbocycles. The van der Waals surface area contributed by atoms with Gasteiger partial charge >= 0.3 is 12.2 Å². The molecule has 1 N–H and O–H groups in total. The Labute approximate surface area is 181 Å². The molecule has 0 fully saturated rings. The number of carbonyl (C=O) groups excluding carboxylic acids is 1. The molecule has 1 atom stereocenters. The highest BCUT2D eigenvalue weighted by molar-refractivity contribution is 6.04. The summed E-state index contributed by atoms with van der Waals surface area (Å²) < 4.78 is 88.4. The van der Waals surface area contributed by atoms with Gasteiger partial charge in [-0.25, -0.2) is 31.9 Å². The van der Waals surface area contributed by atoms with Crippen LogP contribution in [-0.4, -0.2) is 50.0 Å². The van der Waals surface area contributed by atoms with E-state index in [0.29, 0.717) is 5.69 Å². The van der Waals surface area contributed by atoms with Crippen molar-refractivity contribution in [3.8, 4) is 0 Å². The monoisotopic (exact) mass is 479 g/mol. The van der Waals surface area contributed by atoms with Gasteiger partial charge in [0.2, 0.25) is 6.43 Å². The Bertz CT molecular complexity index is 1150. The summed E-state index contributed by atoms with van der Waals surface area (Å²) in [4.78, 5) is 17.6. The summed E-state index contributed by atoms with van der Waals surface area (Å²) in [6.45, 7) is 1.75. The predicted octanol–water partition coefficient (Wildman–Crippen LogP) is 4.73. The summed E-state index contributed by atoms with van der Waals surface area (Å²) in [5.74, 6) is -1.97. The molecule has 0 aromatic carbocycles. The number of nitrogens with zero attached hydrogens (tertiary/aromatic N) is 6. The number of urea groups is 1. The Morgan fingerprint density at radius 1 is 1.21 bits per heavy atom. The molecule has 3 aromatic heterocycles. The highest BCUT2D eigenvalue weighted by Crippen LogP contribution is 2.46. The molecule has 3 aromatic rings. The third-order valence-electron chi connectivity index (χ3n) is 4.42. The van der Waals surface area contributed by atoms with Crippen molar-refractivity contribution in [3.63, 3.8) is 0 Å². The van der Waals surface area contributed by atoms with Crippen molar-refractivity contribution in [1.82, 2.24) is 24.8 Å². The topological polar surface area (TPSA) is 88.3 Å². The Hall–Kier alpha value is -3.52. The SMILES string of the molecule is CC(F)F.Cc1cn2ncc3c(c2n1)C(C(F)(F)F)CN3C(=O)Nc1cnnc(C(F)F)c1. The van der Waals surface area contributed by atoms with Crippen LogP contribution in [-0.2, 0) is 0 Å². The van der Waals surface area contributed by atoms with Crippen LogP contribution >= 0.6 is 0 Å². The minimum atomic E-state index is -4.63. The zero-order chi connectivity index (χ0) is 24.5. The minimum Gasteiger partial charge on any atom is -0.306 e. The highest BCUT2D eigenvalue weighted by atomic mass is 19.4. The predicted molar refractivity (Wildman–Crippen MR) is 102 cm³/mol. The Kier molecular flexibility index (Phi) is 6.69. The number of alkyl halides is 7. The molecule has 33 heavy (non-hydrogen) atoms. The van der Waals surface area contributed by atoms with E-state index in [0.717, 1.165) is 30.3 Å². The van der Waals surface area contributed by atoms with Gasteiger partial charge in [-0.1, -0.05) is 0 Å². The zero-order valence-electron chi connectivity index (χ0n) is 17.0. The summed E-state index contributed by atoms with van der Waals surface area (Å²) in [5, 5.41) is 12.9. The van der Waals surface area contributed by atoms with Gasteiger partial charge in [0.1, 0.15) is 11.6 Å². The first-order chi connectivity index (χ1) is 15.4. The summed E-state index contributed by atoms with van der Waals surface area (Å²) in [7, 11) is 0. The number of aryl methyl sites for hydroxylation is 1. The molecule has 8 nitrogen and oxygen atoms in total. The van der Waals surface area contributed by atoms with E-state index in [4.69, 9.17) is 0 Å². The van der Waals surface area contributed by atoms with Crippen LogP contribution in [0.4, 0.5) is 46.9 Å². The van der Waals surface area contributed by atoms with Gasteiger partial charge in [-0.15, -0.1) is 5.10 Å². The molecule has 2 amide bonds. The normalized spacial score (nSPS) is 15.6. The number of amides is 2. The van der Waals surface area contributed by atoms with Crippen LogP contribution in [0, 0.1) is 6.92 Å². The summed E-state index contributed by atoms with van der Waals surface area (Å²) >= 11 is 0. The van der Waals surface area contributed by atoms with Crippen molar-refractivity contribution in [2.45, 2.75) is 38.8 Å². The largest absolute Gasteiger partial charge is 0.397 e. The lowest BCUT2D eigenvalue weighted by molar-refractivity contribution is -0.146. The highest BCUT2D eigenvalue weighted by Gasteiger charge is 2.50. The number of imidazole rings is 1. The Balaban J connectivity index is 0.000000709. The van der Waals surface area contributed by atoms with Crippen molar-refractivity contribution in [2.75, 3.05) is 16.8 Å². The average molecular weight is 479 g/mol. The van der Waals surface area contributed by atoms with Gasteiger partial charge in [-0.2, -0.15) is 23.4 Å². The second kappa shape index (κ2) is 9.15. The molecule has 1 aliphatic heterocycles. The van der Waals surface area contributed by atoms with E-state index in [1.807, 2.05) is 0 Å². The molecule has 15 heteroatoms. The third kappa shape index (κ3) is 5.28. The van der Waals surface area contributed by atoms with E-state index in [1.54, 1.807) is 6.92 Å². The number of aromatic nitrogens is 5. The first-order valence-corrected chi connectivity index (χ1v) is 9.27. The zero-order valence-corrected chi connectivity index (χ0v) is 17.0. The lowest BCUT2D eigenvalue weighted by Gasteiger charge is -2.19. The van der Waals surface area contributed by atoms with Crippen LogP contribution in [0.1, 0.15) is 36.2 Å². The van der Waals surface area contributed by atoms with Gasteiger partial charge in [0.25, 0.3) is 6.43 Å². The molecule has 0 saturated heterocycles. The number of hydrogen-bond donors (Lipinski definition) is 1. The number of fused-ring (bicyclic) bond motifs is 3. The number of carbonyl (C=O) groups is 1. The van der Waals surface area contributed by atoms with Crippen molar-refractivity contribution >= 4 is 23.1 Å². The lowest BCUT2D eigenvalue weighted by atomic mass is 10.0. The molecule has 1 unspecified atom stereocenters. The molecular formula is C18H16F7N7O.